The SMILES string of the molecule is CCN(CC)CCOCCNS(=O)(=O)Cc1ccccc1. The van der Waals surface area contributed by atoms with Crippen molar-refractivity contribution < 1.29 is 13.2 Å². The molecule has 0 bridgehead atoms. The Kier molecular flexibility index (Phi) is 8.52. The number of nitrogens with zero attached hydrogens (tertiary/aromatic N) is 1. The second kappa shape index (κ2) is 9.89. The van der Waals surface area contributed by atoms with Crippen LogP contribution in [0.4, 0.5) is 0 Å². The largest absolute Gasteiger partial charge is 0.379 e. The van der Waals surface area contributed by atoms with Gasteiger partial charge in [-0.1, -0.05) is 44.2 Å². The van der Waals surface area contributed by atoms with E-state index in [2.05, 4.69) is 23.5 Å². The number of nitrogens with one attached hydrogen (secondary N) is 1. The predicted molar refractivity (Wildman–Crippen MR) is 85.7 cm³/mol. The molecule has 0 aliphatic rings. The molecule has 1 aromatic rings. The van der Waals surface area contributed by atoms with Crippen molar-refractivity contribution in [3.63, 3.8) is 0 Å². The van der Waals surface area contributed by atoms with Gasteiger partial charge in [0.15, 0.2) is 0 Å². The van der Waals surface area contributed by atoms with Crippen molar-refractivity contribution in [1.29, 1.82) is 0 Å². The highest BCUT2D eigenvalue weighted by Crippen LogP contribution is 2.03. The molecule has 0 atom stereocenters. The lowest BCUT2D eigenvalue weighted by molar-refractivity contribution is 0.111. The van der Waals surface area contributed by atoms with E-state index < -0.39 is 10.0 Å². The number of hydrogen-bond acceptors (Lipinski definition) is 4. The van der Waals surface area contributed by atoms with Crippen molar-refractivity contribution in [2.24, 2.45) is 0 Å². The molecule has 21 heavy (non-hydrogen) atoms. The summed E-state index contributed by atoms with van der Waals surface area (Å²) in [5, 5.41) is 0. The first-order valence-corrected chi connectivity index (χ1v) is 9.04. The molecule has 0 heterocycles. The molecule has 0 fully saturated rings. The molecule has 0 aliphatic carbocycles. The fourth-order valence-corrected chi connectivity index (χ4v) is 3.08. The average molecular weight is 314 g/mol. The summed E-state index contributed by atoms with van der Waals surface area (Å²) in [4.78, 5) is 2.26. The Bertz CT molecular complexity index is 473. The number of sulfonamides is 1. The highest BCUT2D eigenvalue weighted by Gasteiger charge is 2.10. The number of likely N-dealkylation sites (N-methyl/N-ethyl adjacent to an activating group) is 1. The Morgan fingerprint density at radius 2 is 1.76 bits per heavy atom. The Balaban J connectivity index is 2.17. The van der Waals surface area contributed by atoms with Crippen molar-refractivity contribution >= 4 is 10.0 Å². The average Bonchev–Trinajstić information content (AvgIpc) is 2.47. The molecule has 0 unspecified atom stereocenters. The van der Waals surface area contributed by atoms with Crippen molar-refractivity contribution in [2.75, 3.05) is 39.4 Å². The van der Waals surface area contributed by atoms with E-state index in [1.807, 2.05) is 18.2 Å². The molecule has 0 saturated heterocycles. The number of ether oxygens (including phenoxy) is 1. The quantitative estimate of drug-likeness (QED) is 0.628. The van der Waals surface area contributed by atoms with Crippen LogP contribution in [-0.2, 0) is 20.5 Å². The minimum atomic E-state index is -3.29. The summed E-state index contributed by atoms with van der Waals surface area (Å²) in [5.41, 5.74) is 0.785. The van der Waals surface area contributed by atoms with Crippen LogP contribution in [0.5, 0.6) is 0 Å². The van der Waals surface area contributed by atoms with Crippen molar-refractivity contribution in [3.8, 4) is 0 Å². The highest BCUT2D eigenvalue weighted by atomic mass is 32.2. The van der Waals surface area contributed by atoms with Crippen LogP contribution in [0, 0.1) is 0 Å². The van der Waals surface area contributed by atoms with Crippen LogP contribution in [0.1, 0.15) is 19.4 Å². The Labute approximate surface area is 128 Å². The van der Waals surface area contributed by atoms with Crippen LogP contribution in [-0.4, -0.2) is 52.7 Å². The smallest absolute Gasteiger partial charge is 0.215 e. The van der Waals surface area contributed by atoms with Gasteiger partial charge in [0.25, 0.3) is 0 Å². The molecule has 0 saturated carbocycles. The second-order valence-corrected chi connectivity index (χ2v) is 6.59. The maximum absolute atomic E-state index is 11.9. The van der Waals surface area contributed by atoms with E-state index in [1.165, 1.54) is 0 Å². The number of benzene rings is 1. The minimum Gasteiger partial charge on any atom is -0.379 e. The van der Waals surface area contributed by atoms with Crippen molar-refractivity contribution in [2.45, 2.75) is 19.6 Å². The number of rotatable bonds is 11. The van der Waals surface area contributed by atoms with Gasteiger partial charge < -0.3 is 9.64 Å². The molecule has 0 aromatic heterocycles. The second-order valence-electron chi connectivity index (χ2n) is 4.78. The molecule has 0 amide bonds. The van der Waals surface area contributed by atoms with Crippen molar-refractivity contribution in [3.05, 3.63) is 35.9 Å². The Morgan fingerprint density at radius 3 is 2.38 bits per heavy atom. The van der Waals surface area contributed by atoms with Gasteiger partial charge in [0, 0.05) is 13.1 Å². The van der Waals surface area contributed by atoms with Gasteiger partial charge in [-0.05, 0) is 18.7 Å². The van der Waals surface area contributed by atoms with Gasteiger partial charge in [0.05, 0.1) is 19.0 Å². The first-order chi connectivity index (χ1) is 10.1. The topological polar surface area (TPSA) is 58.6 Å². The molecule has 6 heteroatoms. The lowest BCUT2D eigenvalue weighted by Crippen LogP contribution is -2.30. The summed E-state index contributed by atoms with van der Waals surface area (Å²) in [6.07, 6.45) is 0. The standard InChI is InChI=1S/C15H26N2O3S/c1-3-17(4-2)11-13-20-12-10-16-21(18,19)14-15-8-6-5-7-9-15/h5-9,16H,3-4,10-14H2,1-2H3. The van der Waals surface area contributed by atoms with E-state index in [9.17, 15) is 8.42 Å². The zero-order valence-corrected chi connectivity index (χ0v) is 13.7. The van der Waals surface area contributed by atoms with Gasteiger partial charge in [-0.15, -0.1) is 0 Å². The summed E-state index contributed by atoms with van der Waals surface area (Å²) in [5.74, 6) is 0.00723. The van der Waals surface area contributed by atoms with Crippen LogP contribution >= 0.6 is 0 Å². The molecule has 0 spiro atoms. The zero-order chi connectivity index (χ0) is 15.6. The van der Waals surface area contributed by atoms with Gasteiger partial charge in [-0.2, -0.15) is 0 Å². The lowest BCUT2D eigenvalue weighted by atomic mass is 10.2. The molecule has 1 aromatic carbocycles. The first-order valence-electron chi connectivity index (χ1n) is 7.38. The summed E-state index contributed by atoms with van der Waals surface area (Å²) < 4.78 is 31.7. The lowest BCUT2D eigenvalue weighted by Gasteiger charge is -2.17. The third-order valence-electron chi connectivity index (χ3n) is 3.21. The monoisotopic (exact) mass is 314 g/mol. The van der Waals surface area contributed by atoms with Crippen molar-refractivity contribution in [1.82, 2.24) is 9.62 Å². The van der Waals surface area contributed by atoms with Gasteiger partial charge in [0.2, 0.25) is 10.0 Å². The highest BCUT2D eigenvalue weighted by molar-refractivity contribution is 7.88. The molecule has 5 nitrogen and oxygen atoms in total. The van der Waals surface area contributed by atoms with Crippen LogP contribution in [0.3, 0.4) is 0 Å². The van der Waals surface area contributed by atoms with Crippen LogP contribution in [0.25, 0.3) is 0 Å². The molecule has 1 N–H and O–H groups in total. The fraction of sp³-hybridized carbons (Fsp3) is 0.600. The van der Waals surface area contributed by atoms with Gasteiger partial charge in [-0.25, -0.2) is 13.1 Å². The van der Waals surface area contributed by atoms with Gasteiger partial charge in [0.1, 0.15) is 0 Å². The normalized spacial score (nSPS) is 12.0. The van der Waals surface area contributed by atoms with E-state index in [0.29, 0.717) is 19.8 Å². The molecular weight excluding hydrogens is 288 g/mol. The molecule has 0 aliphatic heterocycles. The van der Waals surface area contributed by atoms with Gasteiger partial charge in [-0.3, -0.25) is 0 Å². The molecule has 0 radical (unpaired) electrons. The maximum atomic E-state index is 11.9. The number of hydrogen-bond donors (Lipinski definition) is 1. The third kappa shape index (κ3) is 8.16. The predicted octanol–water partition coefficient (Wildman–Crippen LogP) is 1.46. The van der Waals surface area contributed by atoms with Crippen LogP contribution < -0.4 is 4.72 Å². The molecule has 120 valence electrons. The fourth-order valence-electron chi connectivity index (χ4n) is 1.95. The third-order valence-corrected chi connectivity index (χ3v) is 4.57. The Hall–Kier alpha value is -0.950. The van der Waals surface area contributed by atoms with E-state index in [1.54, 1.807) is 12.1 Å². The molecule has 1 rings (SSSR count). The van der Waals surface area contributed by atoms with Crippen LogP contribution in [0.2, 0.25) is 0 Å². The summed E-state index contributed by atoms with van der Waals surface area (Å²) in [7, 11) is -3.29. The minimum absolute atomic E-state index is 0.00723. The summed E-state index contributed by atoms with van der Waals surface area (Å²) >= 11 is 0. The first kappa shape index (κ1) is 18.1. The zero-order valence-electron chi connectivity index (χ0n) is 12.9. The van der Waals surface area contributed by atoms with E-state index in [4.69, 9.17) is 4.74 Å². The van der Waals surface area contributed by atoms with Crippen LogP contribution in [0.15, 0.2) is 30.3 Å². The summed E-state index contributed by atoms with van der Waals surface area (Å²) in [6, 6.07) is 9.15. The Morgan fingerprint density at radius 1 is 1.10 bits per heavy atom. The summed E-state index contributed by atoms with van der Waals surface area (Å²) in [6.45, 7) is 8.45. The molecular formula is C15H26N2O3S. The van der Waals surface area contributed by atoms with Gasteiger partial charge >= 0.3 is 0 Å². The van der Waals surface area contributed by atoms with E-state index in [0.717, 1.165) is 25.2 Å². The maximum Gasteiger partial charge on any atom is 0.215 e. The van der Waals surface area contributed by atoms with E-state index >= 15 is 0 Å². The van der Waals surface area contributed by atoms with E-state index in [-0.39, 0.29) is 5.75 Å².